The Balaban J connectivity index is 2.97. The van der Waals surface area contributed by atoms with Crippen molar-refractivity contribution in [2.75, 3.05) is 7.11 Å². The highest BCUT2D eigenvalue weighted by Gasteiger charge is 2.19. The van der Waals surface area contributed by atoms with E-state index in [1.165, 1.54) is 7.11 Å². The number of ether oxygens (including phenoxy) is 2. The van der Waals surface area contributed by atoms with E-state index in [0.29, 0.717) is 17.0 Å². The van der Waals surface area contributed by atoms with Crippen molar-refractivity contribution in [2.45, 2.75) is 32.8 Å². The fourth-order valence-electron chi connectivity index (χ4n) is 1.60. The van der Waals surface area contributed by atoms with Crippen LogP contribution in [-0.4, -0.2) is 30.4 Å². The smallest absolute Gasteiger partial charge is 0.492 e. The average molecular weight is 238 g/mol. The van der Waals surface area contributed by atoms with Crippen molar-refractivity contribution in [1.82, 2.24) is 0 Å². The predicted octanol–water partition coefficient (Wildman–Crippen LogP) is 0.942. The largest absolute Gasteiger partial charge is 0.497 e. The van der Waals surface area contributed by atoms with Gasteiger partial charge >= 0.3 is 7.12 Å². The van der Waals surface area contributed by atoms with Crippen LogP contribution in [0.15, 0.2) is 18.2 Å². The van der Waals surface area contributed by atoms with Crippen LogP contribution in [0.4, 0.5) is 0 Å². The second kappa shape index (κ2) is 6.52. The topological polar surface area (TPSA) is 58.9 Å². The Hall–Kier alpha value is -1.20. The lowest BCUT2D eigenvalue weighted by molar-refractivity contribution is 0.194. The molecule has 94 valence electrons. The number of hydrogen-bond acceptors (Lipinski definition) is 4. The van der Waals surface area contributed by atoms with Crippen LogP contribution in [0.1, 0.15) is 26.7 Å². The third kappa shape index (κ3) is 3.65. The summed E-state index contributed by atoms with van der Waals surface area (Å²) in [6, 6.07) is 5.01. The molecule has 4 nitrogen and oxygen atoms in total. The molecule has 0 aliphatic rings. The van der Waals surface area contributed by atoms with Gasteiger partial charge in [0.05, 0.1) is 13.2 Å². The van der Waals surface area contributed by atoms with Crippen molar-refractivity contribution in [3.63, 3.8) is 0 Å². The summed E-state index contributed by atoms with van der Waals surface area (Å²) in [5, 5.41) is 18.6. The van der Waals surface area contributed by atoms with Crippen LogP contribution < -0.4 is 14.9 Å². The van der Waals surface area contributed by atoms with E-state index in [9.17, 15) is 10.0 Å². The summed E-state index contributed by atoms with van der Waals surface area (Å²) in [6.45, 7) is 4.07. The van der Waals surface area contributed by atoms with Gasteiger partial charge < -0.3 is 19.5 Å². The molecule has 2 N–H and O–H groups in total. The van der Waals surface area contributed by atoms with Gasteiger partial charge in [-0.2, -0.15) is 0 Å². The van der Waals surface area contributed by atoms with E-state index in [-0.39, 0.29) is 6.10 Å². The van der Waals surface area contributed by atoms with Gasteiger partial charge in [-0.25, -0.2) is 0 Å². The minimum absolute atomic E-state index is 0.0842. The molecule has 0 unspecified atom stereocenters. The summed E-state index contributed by atoms with van der Waals surface area (Å²) in [5.41, 5.74) is 0.330. The van der Waals surface area contributed by atoms with E-state index >= 15 is 0 Å². The van der Waals surface area contributed by atoms with E-state index in [4.69, 9.17) is 9.47 Å². The lowest BCUT2D eigenvalue weighted by atomic mass is 9.79. The Kier molecular flexibility index (Phi) is 5.32. The molecule has 5 heteroatoms. The molecule has 1 rings (SSSR count). The third-order valence-corrected chi connectivity index (χ3v) is 2.70. The summed E-state index contributed by atoms with van der Waals surface area (Å²) >= 11 is 0. The van der Waals surface area contributed by atoms with E-state index in [0.717, 1.165) is 12.8 Å². The average Bonchev–Trinajstić information content (AvgIpc) is 2.35. The van der Waals surface area contributed by atoms with Gasteiger partial charge in [0.15, 0.2) is 0 Å². The second-order valence-electron chi connectivity index (χ2n) is 3.83. The fourth-order valence-corrected chi connectivity index (χ4v) is 1.60. The summed E-state index contributed by atoms with van der Waals surface area (Å²) in [7, 11) is -0.0287. The lowest BCUT2D eigenvalue weighted by Gasteiger charge is -2.18. The Morgan fingerprint density at radius 2 is 1.88 bits per heavy atom. The van der Waals surface area contributed by atoms with Gasteiger partial charge in [-0.05, 0) is 31.0 Å². The Bertz CT molecular complexity index is 350. The van der Waals surface area contributed by atoms with Crippen LogP contribution >= 0.6 is 0 Å². The lowest BCUT2D eigenvalue weighted by Crippen LogP contribution is -2.33. The molecule has 1 aromatic rings. The van der Waals surface area contributed by atoms with Gasteiger partial charge in [-0.3, -0.25) is 0 Å². The quantitative estimate of drug-likeness (QED) is 0.724. The molecule has 0 spiro atoms. The van der Waals surface area contributed by atoms with Crippen molar-refractivity contribution in [3.05, 3.63) is 18.2 Å². The minimum Gasteiger partial charge on any atom is -0.497 e. The van der Waals surface area contributed by atoms with E-state index in [1.54, 1.807) is 18.2 Å². The Morgan fingerprint density at radius 1 is 1.24 bits per heavy atom. The van der Waals surface area contributed by atoms with Crippen LogP contribution in [0.2, 0.25) is 0 Å². The SMILES string of the molecule is CCC(CC)Oc1ccc(OC)cc1B(O)O. The monoisotopic (exact) mass is 238 g/mol. The summed E-state index contributed by atoms with van der Waals surface area (Å²) in [4.78, 5) is 0. The van der Waals surface area contributed by atoms with Crippen molar-refractivity contribution < 1.29 is 19.5 Å². The molecule has 0 atom stereocenters. The standard InChI is InChI=1S/C12H19BO4/c1-4-9(5-2)17-12-7-6-10(16-3)8-11(12)13(14)15/h6-9,14-15H,4-5H2,1-3H3. The van der Waals surface area contributed by atoms with Crippen molar-refractivity contribution >= 4 is 12.6 Å². The molecule has 0 heterocycles. The van der Waals surface area contributed by atoms with Gasteiger partial charge in [-0.15, -0.1) is 0 Å². The van der Waals surface area contributed by atoms with Crippen LogP contribution in [0.3, 0.4) is 0 Å². The molecular weight excluding hydrogens is 219 g/mol. The van der Waals surface area contributed by atoms with Crippen LogP contribution in [0.5, 0.6) is 11.5 Å². The third-order valence-electron chi connectivity index (χ3n) is 2.70. The molecule has 0 aliphatic heterocycles. The zero-order valence-corrected chi connectivity index (χ0v) is 10.5. The first-order valence-corrected chi connectivity index (χ1v) is 5.83. The van der Waals surface area contributed by atoms with E-state index in [2.05, 4.69) is 0 Å². The van der Waals surface area contributed by atoms with Crippen LogP contribution in [0, 0.1) is 0 Å². The molecule has 0 radical (unpaired) electrons. The number of methoxy groups -OCH3 is 1. The van der Waals surface area contributed by atoms with Crippen molar-refractivity contribution in [1.29, 1.82) is 0 Å². The molecule has 1 aromatic carbocycles. The van der Waals surface area contributed by atoms with Gasteiger partial charge in [0, 0.05) is 5.46 Å². The maximum Gasteiger partial charge on any atom is 0.492 e. The maximum absolute atomic E-state index is 9.30. The summed E-state index contributed by atoms with van der Waals surface area (Å²) in [6.07, 6.45) is 1.84. The van der Waals surface area contributed by atoms with Gasteiger partial charge in [0.2, 0.25) is 0 Å². The highest BCUT2D eigenvalue weighted by Crippen LogP contribution is 2.18. The summed E-state index contributed by atoms with van der Waals surface area (Å²) < 4.78 is 10.8. The van der Waals surface area contributed by atoms with Gasteiger partial charge in [0.1, 0.15) is 11.5 Å². The highest BCUT2D eigenvalue weighted by molar-refractivity contribution is 6.59. The highest BCUT2D eigenvalue weighted by atomic mass is 16.5. The molecular formula is C12H19BO4. The van der Waals surface area contributed by atoms with E-state index < -0.39 is 7.12 Å². The van der Waals surface area contributed by atoms with Gasteiger partial charge in [-0.1, -0.05) is 13.8 Å². The van der Waals surface area contributed by atoms with Crippen molar-refractivity contribution in [2.24, 2.45) is 0 Å². The molecule has 0 fully saturated rings. The fraction of sp³-hybridized carbons (Fsp3) is 0.500. The Labute approximate surface area is 102 Å². The second-order valence-corrected chi connectivity index (χ2v) is 3.83. The van der Waals surface area contributed by atoms with Gasteiger partial charge in [0.25, 0.3) is 0 Å². The first kappa shape index (κ1) is 13.9. The number of hydrogen-bond donors (Lipinski definition) is 2. The molecule has 0 amide bonds. The predicted molar refractivity (Wildman–Crippen MR) is 67.8 cm³/mol. The molecule has 0 aromatic heterocycles. The number of rotatable bonds is 6. The maximum atomic E-state index is 9.30. The zero-order valence-electron chi connectivity index (χ0n) is 10.5. The molecule has 0 bridgehead atoms. The first-order valence-electron chi connectivity index (χ1n) is 5.83. The summed E-state index contributed by atoms with van der Waals surface area (Å²) in [5.74, 6) is 1.07. The number of benzene rings is 1. The van der Waals surface area contributed by atoms with Crippen molar-refractivity contribution in [3.8, 4) is 11.5 Å². The molecule has 17 heavy (non-hydrogen) atoms. The van der Waals surface area contributed by atoms with Crippen LogP contribution in [-0.2, 0) is 0 Å². The first-order chi connectivity index (χ1) is 8.12. The zero-order chi connectivity index (χ0) is 12.8. The molecule has 0 aliphatic carbocycles. The minimum atomic E-state index is -1.56. The van der Waals surface area contributed by atoms with E-state index in [1.807, 2.05) is 13.8 Å². The normalized spacial score (nSPS) is 10.5. The Morgan fingerprint density at radius 3 is 2.35 bits per heavy atom. The molecule has 0 saturated heterocycles. The molecule has 0 saturated carbocycles. The van der Waals surface area contributed by atoms with Crippen LogP contribution in [0.25, 0.3) is 0 Å².